The van der Waals surface area contributed by atoms with Crippen LogP contribution in [0.4, 0.5) is 10.1 Å². The molecule has 0 heterocycles. The molecule has 0 aliphatic rings. The van der Waals surface area contributed by atoms with Crippen molar-refractivity contribution in [3.05, 3.63) is 65.5 Å². The van der Waals surface area contributed by atoms with Gasteiger partial charge in [0.1, 0.15) is 5.82 Å². The van der Waals surface area contributed by atoms with Crippen molar-refractivity contribution in [2.75, 3.05) is 12.4 Å². The normalized spacial score (nSPS) is 10.1. The minimum absolute atomic E-state index is 0.183. The molecule has 0 spiro atoms. The van der Waals surface area contributed by atoms with E-state index in [4.69, 9.17) is 0 Å². The molecule has 0 aliphatic heterocycles. The third-order valence-corrected chi connectivity index (χ3v) is 3.24. The topological polar surface area (TPSA) is 58.2 Å². The van der Waals surface area contributed by atoms with E-state index in [1.807, 2.05) is 0 Å². The predicted molar refractivity (Wildman–Crippen MR) is 83.2 cm³/mol. The Labute approximate surface area is 128 Å². The highest BCUT2D eigenvalue weighted by atomic mass is 19.1. The average Bonchev–Trinajstić information content (AvgIpc) is 2.54. The number of amides is 2. The van der Waals surface area contributed by atoms with Gasteiger partial charge in [-0.3, -0.25) is 9.59 Å². The Hall–Kier alpha value is -2.69. The van der Waals surface area contributed by atoms with Crippen molar-refractivity contribution >= 4 is 17.5 Å². The third kappa shape index (κ3) is 4.15. The van der Waals surface area contributed by atoms with Gasteiger partial charge in [0.05, 0.1) is 0 Å². The fourth-order valence-corrected chi connectivity index (χ4v) is 2.02. The lowest BCUT2D eigenvalue weighted by atomic mass is 10.1. The van der Waals surface area contributed by atoms with Crippen LogP contribution in [0.5, 0.6) is 0 Å². The van der Waals surface area contributed by atoms with E-state index in [-0.39, 0.29) is 24.1 Å². The summed E-state index contributed by atoms with van der Waals surface area (Å²) in [5.41, 5.74) is 1.64. The van der Waals surface area contributed by atoms with Gasteiger partial charge in [0, 0.05) is 24.7 Å². The van der Waals surface area contributed by atoms with Gasteiger partial charge in [-0.15, -0.1) is 0 Å². The molecule has 0 saturated carbocycles. The molecule has 0 saturated heterocycles. The van der Waals surface area contributed by atoms with Gasteiger partial charge in [-0.05, 0) is 42.3 Å². The lowest BCUT2D eigenvalue weighted by molar-refractivity contribution is -0.116. The monoisotopic (exact) mass is 300 g/mol. The van der Waals surface area contributed by atoms with Crippen LogP contribution in [0.15, 0.2) is 48.5 Å². The molecule has 5 heteroatoms. The number of aryl methyl sites for hydroxylation is 1. The molecule has 2 aromatic carbocycles. The van der Waals surface area contributed by atoms with Gasteiger partial charge in [-0.1, -0.05) is 18.2 Å². The molecule has 22 heavy (non-hydrogen) atoms. The molecule has 114 valence electrons. The molecule has 0 unspecified atom stereocenters. The first-order valence-corrected chi connectivity index (χ1v) is 6.95. The first-order chi connectivity index (χ1) is 10.6. The smallest absolute Gasteiger partial charge is 0.251 e. The van der Waals surface area contributed by atoms with Crippen molar-refractivity contribution in [3.63, 3.8) is 0 Å². The lowest BCUT2D eigenvalue weighted by Gasteiger charge is -2.07. The van der Waals surface area contributed by atoms with E-state index in [0.717, 1.165) is 0 Å². The number of benzene rings is 2. The minimum atomic E-state index is -0.301. The van der Waals surface area contributed by atoms with Crippen LogP contribution < -0.4 is 10.6 Å². The molecule has 0 aromatic heterocycles. The molecule has 4 nitrogen and oxygen atoms in total. The van der Waals surface area contributed by atoms with Gasteiger partial charge >= 0.3 is 0 Å². The van der Waals surface area contributed by atoms with E-state index in [1.54, 1.807) is 49.5 Å². The van der Waals surface area contributed by atoms with E-state index in [9.17, 15) is 14.0 Å². The Morgan fingerprint density at radius 2 is 1.73 bits per heavy atom. The molecule has 0 atom stereocenters. The van der Waals surface area contributed by atoms with Crippen LogP contribution in [0.2, 0.25) is 0 Å². The van der Waals surface area contributed by atoms with Crippen LogP contribution in [0, 0.1) is 5.82 Å². The summed E-state index contributed by atoms with van der Waals surface area (Å²) in [6.07, 6.45) is 0.535. The Morgan fingerprint density at radius 3 is 2.36 bits per heavy atom. The number of halogens is 1. The third-order valence-electron chi connectivity index (χ3n) is 3.24. The van der Waals surface area contributed by atoms with Gasteiger partial charge in [-0.2, -0.15) is 0 Å². The number of carbonyl (C=O) groups is 2. The van der Waals surface area contributed by atoms with Gasteiger partial charge in [0.2, 0.25) is 5.91 Å². The van der Waals surface area contributed by atoms with Gasteiger partial charge in [-0.25, -0.2) is 4.39 Å². The molecular weight excluding hydrogens is 283 g/mol. The van der Waals surface area contributed by atoms with Crippen LogP contribution in [0.25, 0.3) is 0 Å². The second-order valence-corrected chi connectivity index (χ2v) is 4.80. The number of anilines is 1. The van der Waals surface area contributed by atoms with Crippen molar-refractivity contribution in [1.82, 2.24) is 5.32 Å². The predicted octanol–water partition coefficient (Wildman–Crippen LogP) is 2.76. The zero-order chi connectivity index (χ0) is 15.9. The number of hydrogen-bond donors (Lipinski definition) is 2. The van der Waals surface area contributed by atoms with Gasteiger partial charge in [0.25, 0.3) is 5.91 Å². The average molecular weight is 300 g/mol. The van der Waals surface area contributed by atoms with Gasteiger partial charge in [0.15, 0.2) is 0 Å². The van der Waals surface area contributed by atoms with Crippen molar-refractivity contribution in [2.24, 2.45) is 0 Å². The summed E-state index contributed by atoms with van der Waals surface area (Å²) < 4.78 is 13.5. The maximum atomic E-state index is 13.5. The first-order valence-electron chi connectivity index (χ1n) is 6.95. The summed E-state index contributed by atoms with van der Waals surface area (Å²) in [4.78, 5) is 23.3. The summed E-state index contributed by atoms with van der Waals surface area (Å²) in [7, 11) is 1.56. The Kier molecular flexibility index (Phi) is 5.25. The second-order valence-electron chi connectivity index (χ2n) is 4.80. The highest BCUT2D eigenvalue weighted by Gasteiger charge is 2.07. The van der Waals surface area contributed by atoms with E-state index < -0.39 is 0 Å². The number of nitrogens with one attached hydrogen (secondary N) is 2. The number of rotatable bonds is 5. The van der Waals surface area contributed by atoms with Crippen LogP contribution in [-0.4, -0.2) is 18.9 Å². The lowest BCUT2D eigenvalue weighted by Crippen LogP contribution is -2.18. The quantitative estimate of drug-likeness (QED) is 0.892. The molecule has 2 aromatic rings. The summed E-state index contributed by atoms with van der Waals surface area (Å²) in [6.45, 7) is 0. The summed E-state index contributed by atoms with van der Waals surface area (Å²) in [5.74, 6) is -0.682. The van der Waals surface area contributed by atoms with E-state index in [2.05, 4.69) is 10.6 Å². The van der Waals surface area contributed by atoms with Crippen molar-refractivity contribution < 1.29 is 14.0 Å². The highest BCUT2D eigenvalue weighted by Crippen LogP contribution is 2.12. The molecular formula is C17H17FN2O2. The van der Waals surface area contributed by atoms with Crippen LogP contribution in [0.3, 0.4) is 0 Å². The zero-order valence-corrected chi connectivity index (χ0v) is 12.2. The van der Waals surface area contributed by atoms with E-state index >= 15 is 0 Å². The largest absolute Gasteiger partial charge is 0.355 e. The van der Waals surface area contributed by atoms with Crippen LogP contribution in [0.1, 0.15) is 22.3 Å². The van der Waals surface area contributed by atoms with Crippen LogP contribution >= 0.6 is 0 Å². The molecule has 0 fully saturated rings. The van der Waals surface area contributed by atoms with Gasteiger partial charge < -0.3 is 10.6 Å². The fourth-order valence-electron chi connectivity index (χ4n) is 2.02. The first kappa shape index (κ1) is 15.7. The fraction of sp³-hybridized carbons (Fsp3) is 0.176. The summed E-state index contributed by atoms with van der Waals surface area (Å²) >= 11 is 0. The standard InChI is InChI=1S/C17H17FN2O2/c1-19-17(22)13-6-9-14(10-7-13)20-16(21)11-8-12-4-2-3-5-15(12)18/h2-7,9-10H,8,11H2,1H3,(H,19,22)(H,20,21). The summed E-state index contributed by atoms with van der Waals surface area (Å²) in [6, 6.07) is 13.0. The maximum Gasteiger partial charge on any atom is 0.251 e. The van der Waals surface area contributed by atoms with Crippen molar-refractivity contribution in [1.29, 1.82) is 0 Å². The Balaban J connectivity index is 1.89. The minimum Gasteiger partial charge on any atom is -0.355 e. The molecule has 0 bridgehead atoms. The molecule has 0 aliphatic carbocycles. The van der Waals surface area contributed by atoms with Crippen molar-refractivity contribution in [2.45, 2.75) is 12.8 Å². The van der Waals surface area contributed by atoms with E-state index in [1.165, 1.54) is 6.07 Å². The number of hydrogen-bond acceptors (Lipinski definition) is 2. The Bertz CT molecular complexity index is 669. The maximum absolute atomic E-state index is 13.5. The van der Waals surface area contributed by atoms with E-state index in [0.29, 0.717) is 23.2 Å². The summed E-state index contributed by atoms with van der Waals surface area (Å²) in [5, 5.41) is 5.25. The SMILES string of the molecule is CNC(=O)c1ccc(NC(=O)CCc2ccccc2F)cc1. The second kappa shape index (κ2) is 7.36. The molecule has 2 N–H and O–H groups in total. The number of carbonyl (C=O) groups excluding carboxylic acids is 2. The Morgan fingerprint density at radius 1 is 1.05 bits per heavy atom. The van der Waals surface area contributed by atoms with Crippen LogP contribution in [-0.2, 0) is 11.2 Å². The molecule has 0 radical (unpaired) electrons. The highest BCUT2D eigenvalue weighted by molar-refractivity contribution is 5.95. The van der Waals surface area contributed by atoms with Crippen molar-refractivity contribution in [3.8, 4) is 0 Å². The molecule has 2 rings (SSSR count). The zero-order valence-electron chi connectivity index (χ0n) is 12.2. The molecule has 2 amide bonds.